The Kier molecular flexibility index (Phi) is 14.1. The first kappa shape index (κ1) is 52.5. The summed E-state index contributed by atoms with van der Waals surface area (Å²) in [6.07, 6.45) is 0. The van der Waals surface area contributed by atoms with Crippen LogP contribution >= 0.6 is 0 Å². The fourth-order valence-corrected chi connectivity index (χ4v) is 13.0. The van der Waals surface area contributed by atoms with E-state index in [1.165, 1.54) is 17.1 Å². The highest BCUT2D eigenvalue weighted by molar-refractivity contribution is 6.16. The van der Waals surface area contributed by atoms with Gasteiger partial charge in [0.15, 0.2) is 0 Å². The first-order valence-corrected chi connectivity index (χ1v) is 30.0. The van der Waals surface area contributed by atoms with E-state index in [1.807, 2.05) is 0 Å². The van der Waals surface area contributed by atoms with E-state index in [-0.39, 0.29) is 0 Å². The van der Waals surface area contributed by atoms with Gasteiger partial charge in [-0.3, -0.25) is 0 Å². The van der Waals surface area contributed by atoms with Crippen LogP contribution in [-0.4, -0.2) is 6.67 Å². The van der Waals surface area contributed by atoms with Crippen LogP contribution in [0.1, 0.15) is 0 Å². The van der Waals surface area contributed by atoms with Crippen molar-refractivity contribution < 1.29 is 0 Å². The Labute approximate surface area is 510 Å². The van der Waals surface area contributed by atoms with E-state index in [1.54, 1.807) is 0 Å². The van der Waals surface area contributed by atoms with Crippen LogP contribution < -0.4 is 9.80 Å². The molecule has 410 valence electrons. The number of hydrogen-bond donors (Lipinski definition) is 0. The summed E-state index contributed by atoms with van der Waals surface area (Å²) in [6.45, 7) is 0.709. The Morgan fingerprint density at radius 3 is 0.736 bits per heavy atom. The molecule has 2 nitrogen and oxygen atoms in total. The second-order valence-corrected chi connectivity index (χ2v) is 22.4. The van der Waals surface area contributed by atoms with E-state index >= 15 is 0 Å². The van der Waals surface area contributed by atoms with Gasteiger partial charge in [0.1, 0.15) is 6.67 Å². The van der Waals surface area contributed by atoms with Gasteiger partial charge in [-0.05, 0) is 195 Å². The average Bonchev–Trinajstić information content (AvgIpc) is 1.49. The Morgan fingerprint density at radius 1 is 0.149 bits per heavy atom. The topological polar surface area (TPSA) is 6.48 Å². The molecule has 0 aromatic heterocycles. The fourth-order valence-electron chi connectivity index (χ4n) is 13.0. The molecule has 0 atom stereocenters. The maximum Gasteiger partial charge on any atom is 0.100 e. The van der Waals surface area contributed by atoms with Crippen molar-refractivity contribution in [2.75, 3.05) is 16.5 Å². The minimum absolute atomic E-state index is 0.709. The molecule has 0 fully saturated rings. The number of benzene rings is 14. The summed E-state index contributed by atoms with van der Waals surface area (Å²) in [5.74, 6) is 0. The molecule has 1 heterocycles. The van der Waals surface area contributed by atoms with Gasteiger partial charge in [-0.15, -0.1) is 0 Å². The SMILES string of the molecule is c1ccc(-c2cc(-c3ccccc3)cc(-c3c(-c4ccccc4)c(-c4ccccc4)c(-c4cc(-c5ccccc5)cc(-c5ccccc5)c4)c(-c4ccc(-c5cccc(N6CN(c7ccccc7)c7ccccc76)c5)cc4)c3-c3ccccc3)c2)cc1. The third-order valence-corrected chi connectivity index (χ3v) is 17.0. The maximum absolute atomic E-state index is 2.44. The smallest absolute Gasteiger partial charge is 0.100 e. The summed E-state index contributed by atoms with van der Waals surface area (Å²) >= 11 is 0. The van der Waals surface area contributed by atoms with E-state index in [0.717, 1.165) is 128 Å². The van der Waals surface area contributed by atoms with E-state index in [0.29, 0.717) is 6.67 Å². The Hall–Kier alpha value is -11.3. The van der Waals surface area contributed by atoms with E-state index in [2.05, 4.69) is 362 Å². The molecule has 14 aromatic rings. The van der Waals surface area contributed by atoms with Gasteiger partial charge in [0.25, 0.3) is 0 Å². The van der Waals surface area contributed by atoms with Gasteiger partial charge in [-0.2, -0.15) is 0 Å². The zero-order valence-electron chi connectivity index (χ0n) is 48.1. The Bertz CT molecular complexity index is 4590. The van der Waals surface area contributed by atoms with Gasteiger partial charge in [-0.1, -0.05) is 279 Å². The van der Waals surface area contributed by atoms with Crippen LogP contribution in [0.5, 0.6) is 0 Å². The third kappa shape index (κ3) is 10.3. The van der Waals surface area contributed by atoms with Crippen molar-refractivity contribution in [3.05, 3.63) is 352 Å². The molecule has 14 aromatic carbocycles. The van der Waals surface area contributed by atoms with Crippen LogP contribution in [0, 0.1) is 0 Å². The normalized spacial score (nSPS) is 11.8. The molecule has 0 saturated carbocycles. The van der Waals surface area contributed by atoms with Crippen LogP contribution in [-0.2, 0) is 0 Å². The van der Waals surface area contributed by atoms with Gasteiger partial charge < -0.3 is 9.80 Å². The van der Waals surface area contributed by atoms with Crippen molar-refractivity contribution in [2.24, 2.45) is 0 Å². The molecule has 1 aliphatic heterocycles. The summed E-state index contributed by atoms with van der Waals surface area (Å²) in [5.41, 5.74) is 29.9. The molecule has 0 unspecified atom stereocenters. The highest BCUT2D eigenvalue weighted by Crippen LogP contribution is 2.57. The first-order chi connectivity index (χ1) is 43.2. The van der Waals surface area contributed by atoms with Gasteiger partial charge in [-0.25, -0.2) is 0 Å². The molecule has 87 heavy (non-hydrogen) atoms. The lowest BCUT2D eigenvalue weighted by atomic mass is 9.73. The second-order valence-electron chi connectivity index (χ2n) is 22.4. The van der Waals surface area contributed by atoms with Crippen LogP contribution in [0.25, 0.3) is 122 Å². The predicted molar refractivity (Wildman–Crippen MR) is 368 cm³/mol. The van der Waals surface area contributed by atoms with Crippen molar-refractivity contribution in [1.82, 2.24) is 0 Å². The van der Waals surface area contributed by atoms with E-state index in [4.69, 9.17) is 0 Å². The van der Waals surface area contributed by atoms with Gasteiger partial charge in [0.2, 0.25) is 0 Å². The molecule has 15 rings (SSSR count). The summed E-state index contributed by atoms with van der Waals surface area (Å²) in [5, 5.41) is 0. The molecular formula is C85H60N2. The number of nitrogens with zero attached hydrogens (tertiary/aromatic N) is 2. The minimum atomic E-state index is 0.709. The minimum Gasteiger partial charge on any atom is -0.321 e. The van der Waals surface area contributed by atoms with E-state index in [9.17, 15) is 0 Å². The standard InChI is InChI=1S/C85H60N2/c1-9-28-60(29-10-1)70-52-71(61-30-11-2-12-31-61)55-74(54-70)84-80(65-36-17-5-18-37-65)81(66-38-19-6-20-39-66)85(75-56-72(62-32-13-3-14-33-62)53-73(57-75)63-34-15-4-16-35-63)83(82(84)67-40-21-7-22-41-67)68-50-48-64(49-51-68)69-42-27-45-77(58-69)87-59-86(76-43-23-8-24-44-76)78-46-25-26-47-79(78)87/h1-58H,59H2. The lowest BCUT2D eigenvalue weighted by molar-refractivity contribution is 0.991. The highest BCUT2D eigenvalue weighted by Gasteiger charge is 2.31. The summed E-state index contributed by atoms with van der Waals surface area (Å²) in [7, 11) is 0. The molecule has 0 N–H and O–H groups in total. The summed E-state index contributed by atoms with van der Waals surface area (Å²) in [4.78, 5) is 4.83. The lowest BCUT2D eigenvalue weighted by Gasteiger charge is -2.29. The van der Waals surface area contributed by atoms with Crippen LogP contribution in [0.2, 0.25) is 0 Å². The van der Waals surface area contributed by atoms with Crippen molar-refractivity contribution in [1.29, 1.82) is 0 Å². The lowest BCUT2D eigenvalue weighted by Crippen LogP contribution is -2.23. The maximum atomic E-state index is 2.44. The van der Waals surface area contributed by atoms with Crippen LogP contribution in [0.4, 0.5) is 22.7 Å². The third-order valence-electron chi connectivity index (χ3n) is 17.0. The quantitative estimate of drug-likeness (QED) is 0.114. The van der Waals surface area contributed by atoms with Crippen LogP contribution in [0.15, 0.2) is 352 Å². The number of anilines is 4. The molecule has 0 bridgehead atoms. The zero-order chi connectivity index (χ0) is 57.9. The number of para-hydroxylation sites is 3. The highest BCUT2D eigenvalue weighted by atomic mass is 15.4. The largest absolute Gasteiger partial charge is 0.321 e. The number of hydrogen-bond acceptors (Lipinski definition) is 2. The molecule has 1 aliphatic rings. The summed E-state index contributed by atoms with van der Waals surface area (Å²) < 4.78 is 0. The van der Waals surface area contributed by atoms with E-state index < -0.39 is 0 Å². The first-order valence-electron chi connectivity index (χ1n) is 30.0. The molecule has 2 heteroatoms. The molecule has 0 amide bonds. The molecule has 0 radical (unpaired) electrons. The van der Waals surface area contributed by atoms with Crippen molar-refractivity contribution in [2.45, 2.75) is 0 Å². The summed E-state index contributed by atoms with van der Waals surface area (Å²) in [6, 6.07) is 129. The van der Waals surface area contributed by atoms with Crippen molar-refractivity contribution >= 4 is 22.7 Å². The number of rotatable bonds is 13. The average molecular weight is 1110 g/mol. The Morgan fingerprint density at radius 2 is 0.379 bits per heavy atom. The van der Waals surface area contributed by atoms with Gasteiger partial charge in [0, 0.05) is 11.4 Å². The molecule has 0 spiro atoms. The molecular weight excluding hydrogens is 1050 g/mol. The fraction of sp³-hybridized carbons (Fsp3) is 0.0118. The monoisotopic (exact) mass is 1110 g/mol. The molecule has 0 saturated heterocycles. The second kappa shape index (κ2) is 23.4. The number of fused-ring (bicyclic) bond motifs is 1. The predicted octanol–water partition coefficient (Wildman–Crippen LogP) is 23.3. The zero-order valence-corrected chi connectivity index (χ0v) is 48.1. The molecule has 0 aliphatic carbocycles. The van der Waals surface area contributed by atoms with Crippen LogP contribution in [0.3, 0.4) is 0 Å². The van der Waals surface area contributed by atoms with Gasteiger partial charge >= 0.3 is 0 Å². The van der Waals surface area contributed by atoms with Crippen molar-refractivity contribution in [3.8, 4) is 122 Å². The Balaban J connectivity index is 1.05. The van der Waals surface area contributed by atoms with Crippen molar-refractivity contribution in [3.63, 3.8) is 0 Å². The van der Waals surface area contributed by atoms with Gasteiger partial charge in [0.05, 0.1) is 11.4 Å².